The number of nitrogen functional groups attached to an aromatic ring is 1. The van der Waals surface area contributed by atoms with E-state index < -0.39 is 15.8 Å². The maximum Gasteiger partial charge on any atom is 0.264 e. The van der Waals surface area contributed by atoms with E-state index in [4.69, 9.17) is 5.73 Å². The maximum atomic E-state index is 13.2. The molecule has 0 aliphatic rings. The quantitative estimate of drug-likeness (QED) is 0.883. The lowest BCUT2D eigenvalue weighted by atomic mass is 10.2. The number of aryl methyl sites for hydroxylation is 1. The van der Waals surface area contributed by atoms with Crippen LogP contribution in [-0.4, -0.2) is 15.5 Å². The fourth-order valence-corrected chi connectivity index (χ4v) is 3.11. The van der Waals surface area contributed by atoms with E-state index in [9.17, 15) is 12.8 Å². The van der Waals surface area contributed by atoms with Gasteiger partial charge in [0.1, 0.15) is 5.82 Å². The highest BCUT2D eigenvalue weighted by Gasteiger charge is 2.21. The minimum atomic E-state index is -3.69. The van der Waals surface area contributed by atoms with E-state index in [0.717, 1.165) is 22.4 Å². The second-order valence-corrected chi connectivity index (χ2v) is 6.65. The second kappa shape index (κ2) is 5.73. The Morgan fingerprint density at radius 1 is 1.14 bits per heavy atom. The molecular weight excluding hydrogens is 291 g/mol. The molecule has 2 N–H and O–H groups in total. The third-order valence-corrected chi connectivity index (χ3v) is 5.13. The zero-order valence-electron chi connectivity index (χ0n) is 11.9. The molecule has 2 aromatic rings. The van der Waals surface area contributed by atoms with E-state index >= 15 is 0 Å². The van der Waals surface area contributed by atoms with Crippen molar-refractivity contribution in [2.45, 2.75) is 18.2 Å². The molecule has 0 fully saturated rings. The molecule has 0 saturated carbocycles. The first-order valence-electron chi connectivity index (χ1n) is 6.49. The van der Waals surface area contributed by atoms with Gasteiger partial charge in [0.15, 0.2) is 0 Å². The first-order chi connectivity index (χ1) is 9.86. The summed E-state index contributed by atoms with van der Waals surface area (Å²) in [6, 6.07) is 10.5. The van der Waals surface area contributed by atoms with E-state index in [1.807, 2.05) is 6.92 Å². The molecule has 0 amide bonds. The fourth-order valence-electron chi connectivity index (χ4n) is 1.92. The minimum Gasteiger partial charge on any atom is -0.396 e. The third kappa shape index (κ3) is 3.00. The average Bonchev–Trinajstić information content (AvgIpc) is 2.49. The summed E-state index contributed by atoms with van der Waals surface area (Å²) < 4.78 is 39.3. The molecule has 0 bridgehead atoms. The number of benzene rings is 2. The number of hydrogen-bond acceptors (Lipinski definition) is 3. The number of sulfonamides is 1. The van der Waals surface area contributed by atoms with Crippen molar-refractivity contribution in [2.75, 3.05) is 17.1 Å². The molecule has 0 aliphatic heterocycles. The van der Waals surface area contributed by atoms with E-state index in [-0.39, 0.29) is 10.6 Å². The predicted molar refractivity (Wildman–Crippen MR) is 82.2 cm³/mol. The van der Waals surface area contributed by atoms with Gasteiger partial charge in [-0.25, -0.2) is 12.8 Å². The minimum absolute atomic E-state index is 0.0871. The van der Waals surface area contributed by atoms with Crippen LogP contribution in [0.4, 0.5) is 15.8 Å². The first kappa shape index (κ1) is 15.3. The van der Waals surface area contributed by atoms with Gasteiger partial charge in [0.2, 0.25) is 0 Å². The van der Waals surface area contributed by atoms with Gasteiger partial charge in [-0.15, -0.1) is 0 Å². The Kier molecular flexibility index (Phi) is 4.18. The number of hydrogen-bond donors (Lipinski definition) is 1. The van der Waals surface area contributed by atoms with E-state index in [0.29, 0.717) is 5.69 Å². The summed E-state index contributed by atoms with van der Waals surface area (Å²) >= 11 is 0. The topological polar surface area (TPSA) is 63.4 Å². The molecule has 0 radical (unpaired) electrons. The Labute approximate surface area is 124 Å². The van der Waals surface area contributed by atoms with Crippen molar-refractivity contribution in [2.24, 2.45) is 0 Å². The summed E-state index contributed by atoms with van der Waals surface area (Å²) in [5.74, 6) is -0.572. The molecule has 4 nitrogen and oxygen atoms in total. The van der Waals surface area contributed by atoms with Gasteiger partial charge >= 0.3 is 0 Å². The number of anilines is 2. The van der Waals surface area contributed by atoms with Gasteiger partial charge in [-0.05, 0) is 42.3 Å². The van der Waals surface area contributed by atoms with Crippen molar-refractivity contribution in [1.29, 1.82) is 0 Å². The van der Waals surface area contributed by atoms with Crippen molar-refractivity contribution in [3.63, 3.8) is 0 Å². The SMILES string of the molecule is CCc1ccc(S(=O)(=O)N(C)c2ccc(F)c(N)c2)cc1. The van der Waals surface area contributed by atoms with Crippen molar-refractivity contribution < 1.29 is 12.8 Å². The zero-order chi connectivity index (χ0) is 15.6. The van der Waals surface area contributed by atoms with Crippen LogP contribution in [-0.2, 0) is 16.4 Å². The van der Waals surface area contributed by atoms with Crippen LogP contribution in [0.15, 0.2) is 47.4 Å². The van der Waals surface area contributed by atoms with Crippen LogP contribution in [0.5, 0.6) is 0 Å². The smallest absolute Gasteiger partial charge is 0.264 e. The number of nitrogens with two attached hydrogens (primary N) is 1. The third-order valence-electron chi connectivity index (χ3n) is 3.33. The molecule has 0 saturated heterocycles. The van der Waals surface area contributed by atoms with Gasteiger partial charge in [-0.3, -0.25) is 4.31 Å². The average molecular weight is 308 g/mol. The Hall–Kier alpha value is -2.08. The molecule has 0 atom stereocenters. The van der Waals surface area contributed by atoms with Crippen molar-refractivity contribution in [1.82, 2.24) is 0 Å². The van der Waals surface area contributed by atoms with E-state index in [2.05, 4.69) is 0 Å². The van der Waals surface area contributed by atoms with E-state index in [1.165, 1.54) is 19.2 Å². The maximum absolute atomic E-state index is 13.2. The number of rotatable bonds is 4. The lowest BCUT2D eigenvalue weighted by Crippen LogP contribution is -2.26. The van der Waals surface area contributed by atoms with Crippen LogP contribution < -0.4 is 10.0 Å². The van der Waals surface area contributed by atoms with Gasteiger partial charge in [0.05, 0.1) is 16.3 Å². The summed E-state index contributed by atoms with van der Waals surface area (Å²) in [6.07, 6.45) is 0.838. The normalized spacial score (nSPS) is 11.4. The van der Waals surface area contributed by atoms with Crippen LogP contribution >= 0.6 is 0 Å². The Bertz CT molecular complexity index is 743. The molecule has 6 heteroatoms. The van der Waals surface area contributed by atoms with Crippen LogP contribution in [0.2, 0.25) is 0 Å². The van der Waals surface area contributed by atoms with Gasteiger partial charge < -0.3 is 5.73 Å². The molecule has 0 heterocycles. The Morgan fingerprint density at radius 3 is 2.29 bits per heavy atom. The lowest BCUT2D eigenvalue weighted by Gasteiger charge is -2.20. The standard InChI is InChI=1S/C15H17FN2O2S/c1-3-11-4-7-13(8-5-11)21(19,20)18(2)12-6-9-14(16)15(17)10-12/h4-10H,3,17H2,1-2H3. The molecule has 0 aliphatic carbocycles. The lowest BCUT2D eigenvalue weighted by molar-refractivity contribution is 0.594. The molecule has 0 aromatic heterocycles. The first-order valence-corrected chi connectivity index (χ1v) is 7.93. The Balaban J connectivity index is 2.39. The van der Waals surface area contributed by atoms with Crippen LogP contribution in [0.3, 0.4) is 0 Å². The Morgan fingerprint density at radius 2 is 1.76 bits per heavy atom. The van der Waals surface area contributed by atoms with Crippen molar-refractivity contribution in [3.8, 4) is 0 Å². The number of nitrogens with zero attached hydrogens (tertiary/aromatic N) is 1. The van der Waals surface area contributed by atoms with Crippen LogP contribution in [0.1, 0.15) is 12.5 Å². The van der Waals surface area contributed by atoms with Gasteiger partial charge in [-0.2, -0.15) is 0 Å². The highest BCUT2D eigenvalue weighted by Crippen LogP contribution is 2.25. The summed E-state index contributed by atoms with van der Waals surface area (Å²) in [5.41, 5.74) is 6.77. The predicted octanol–water partition coefficient (Wildman–Crippen LogP) is 2.80. The summed E-state index contributed by atoms with van der Waals surface area (Å²) in [7, 11) is -2.28. The molecular formula is C15H17FN2O2S. The molecule has 0 unspecified atom stereocenters. The monoisotopic (exact) mass is 308 g/mol. The van der Waals surface area contributed by atoms with E-state index in [1.54, 1.807) is 24.3 Å². The molecule has 2 aromatic carbocycles. The zero-order valence-corrected chi connectivity index (χ0v) is 12.7. The molecule has 2 rings (SSSR count). The summed E-state index contributed by atoms with van der Waals surface area (Å²) in [5, 5.41) is 0. The van der Waals surface area contributed by atoms with Gasteiger partial charge in [0.25, 0.3) is 10.0 Å². The fraction of sp³-hybridized carbons (Fsp3) is 0.200. The highest BCUT2D eigenvalue weighted by molar-refractivity contribution is 7.92. The second-order valence-electron chi connectivity index (χ2n) is 4.68. The van der Waals surface area contributed by atoms with Crippen molar-refractivity contribution in [3.05, 3.63) is 53.8 Å². The van der Waals surface area contributed by atoms with Crippen LogP contribution in [0, 0.1) is 5.82 Å². The van der Waals surface area contributed by atoms with Crippen LogP contribution in [0.25, 0.3) is 0 Å². The molecule has 21 heavy (non-hydrogen) atoms. The summed E-state index contributed by atoms with van der Waals surface area (Å²) in [6.45, 7) is 2.00. The summed E-state index contributed by atoms with van der Waals surface area (Å²) in [4.78, 5) is 0.185. The van der Waals surface area contributed by atoms with Gasteiger partial charge in [0, 0.05) is 7.05 Å². The largest absolute Gasteiger partial charge is 0.396 e. The number of halogens is 1. The molecule has 112 valence electrons. The van der Waals surface area contributed by atoms with Crippen molar-refractivity contribution >= 4 is 21.4 Å². The highest BCUT2D eigenvalue weighted by atomic mass is 32.2. The molecule has 0 spiro atoms. The van der Waals surface area contributed by atoms with Gasteiger partial charge in [-0.1, -0.05) is 19.1 Å².